The van der Waals surface area contributed by atoms with Crippen LogP contribution in [0.1, 0.15) is 11.1 Å². The third-order valence-corrected chi connectivity index (χ3v) is 2.65. The molecule has 0 aliphatic carbocycles. The predicted octanol–water partition coefficient (Wildman–Crippen LogP) is 0.356. The molecule has 19 heavy (non-hydrogen) atoms. The average Bonchev–Trinajstić information content (AvgIpc) is 2.37. The van der Waals surface area contributed by atoms with Crippen LogP contribution in [0.15, 0.2) is 24.3 Å². The van der Waals surface area contributed by atoms with Crippen LogP contribution in [-0.4, -0.2) is 35.3 Å². The zero-order valence-electron chi connectivity index (χ0n) is 11.0. The van der Waals surface area contributed by atoms with E-state index in [1.54, 1.807) is 7.05 Å². The van der Waals surface area contributed by atoms with E-state index in [9.17, 15) is 9.59 Å². The standard InChI is InChI=1S/C13H17N3O2S/c1-9-3-5-10(6-4-9)8-16(2)13(18)12(17)15-7-11(14)19/h3-6H,7-8H2,1-2H3,(H2,14,19)(H,15,17). The summed E-state index contributed by atoms with van der Waals surface area (Å²) in [7, 11) is 1.57. The highest BCUT2D eigenvalue weighted by atomic mass is 32.1. The summed E-state index contributed by atoms with van der Waals surface area (Å²) in [6.07, 6.45) is 0. The maximum Gasteiger partial charge on any atom is 0.311 e. The van der Waals surface area contributed by atoms with Crippen LogP contribution in [0, 0.1) is 6.92 Å². The maximum atomic E-state index is 11.8. The minimum Gasteiger partial charge on any atom is -0.392 e. The van der Waals surface area contributed by atoms with Crippen molar-refractivity contribution in [2.45, 2.75) is 13.5 Å². The van der Waals surface area contributed by atoms with Gasteiger partial charge in [-0.2, -0.15) is 0 Å². The van der Waals surface area contributed by atoms with Crippen molar-refractivity contribution in [2.24, 2.45) is 5.73 Å². The molecular formula is C13H17N3O2S. The van der Waals surface area contributed by atoms with E-state index in [0.29, 0.717) is 6.54 Å². The Hall–Kier alpha value is -1.95. The molecule has 0 fully saturated rings. The van der Waals surface area contributed by atoms with Crippen molar-refractivity contribution in [1.29, 1.82) is 0 Å². The number of benzene rings is 1. The molecule has 5 nitrogen and oxygen atoms in total. The van der Waals surface area contributed by atoms with Gasteiger partial charge in [0, 0.05) is 13.6 Å². The van der Waals surface area contributed by atoms with Crippen LogP contribution in [0.25, 0.3) is 0 Å². The lowest BCUT2D eigenvalue weighted by Gasteiger charge is -2.16. The molecule has 2 amide bonds. The summed E-state index contributed by atoms with van der Waals surface area (Å²) >= 11 is 4.62. The summed E-state index contributed by atoms with van der Waals surface area (Å²) in [5.41, 5.74) is 7.35. The molecule has 0 aromatic heterocycles. The van der Waals surface area contributed by atoms with E-state index in [1.165, 1.54) is 4.90 Å². The van der Waals surface area contributed by atoms with Crippen molar-refractivity contribution < 1.29 is 9.59 Å². The number of amides is 2. The van der Waals surface area contributed by atoms with Crippen LogP contribution < -0.4 is 11.1 Å². The molecule has 6 heteroatoms. The molecule has 0 atom stereocenters. The third kappa shape index (κ3) is 5.05. The Balaban J connectivity index is 2.54. The SMILES string of the molecule is Cc1ccc(CN(C)C(=O)C(=O)NCC(N)=S)cc1. The van der Waals surface area contributed by atoms with E-state index in [2.05, 4.69) is 17.5 Å². The molecule has 0 aliphatic heterocycles. The Morgan fingerprint density at radius 3 is 2.42 bits per heavy atom. The number of hydrogen-bond donors (Lipinski definition) is 2. The van der Waals surface area contributed by atoms with Crippen molar-refractivity contribution >= 4 is 29.0 Å². The number of nitrogens with two attached hydrogens (primary N) is 1. The van der Waals surface area contributed by atoms with Gasteiger partial charge in [-0.3, -0.25) is 9.59 Å². The summed E-state index contributed by atoms with van der Waals surface area (Å²) in [4.78, 5) is 24.8. The van der Waals surface area contributed by atoms with Crippen LogP contribution in [0.2, 0.25) is 0 Å². The van der Waals surface area contributed by atoms with Crippen molar-refractivity contribution in [3.8, 4) is 0 Å². The number of aryl methyl sites for hydroxylation is 1. The van der Waals surface area contributed by atoms with Gasteiger partial charge in [-0.05, 0) is 12.5 Å². The third-order valence-electron chi connectivity index (χ3n) is 2.50. The first-order chi connectivity index (χ1) is 8.90. The smallest absolute Gasteiger partial charge is 0.311 e. The summed E-state index contributed by atoms with van der Waals surface area (Å²) in [6.45, 7) is 2.39. The van der Waals surface area contributed by atoms with Crippen molar-refractivity contribution in [1.82, 2.24) is 10.2 Å². The van der Waals surface area contributed by atoms with Gasteiger partial charge in [-0.1, -0.05) is 42.0 Å². The molecule has 0 radical (unpaired) electrons. The minimum absolute atomic E-state index is 0.0261. The van der Waals surface area contributed by atoms with Crippen LogP contribution in [0.4, 0.5) is 0 Å². The van der Waals surface area contributed by atoms with Crippen LogP contribution in [-0.2, 0) is 16.1 Å². The van der Waals surface area contributed by atoms with Gasteiger partial charge in [0.05, 0.1) is 11.5 Å². The first-order valence-corrected chi connectivity index (χ1v) is 6.18. The van der Waals surface area contributed by atoms with E-state index in [-0.39, 0.29) is 11.5 Å². The Labute approximate surface area is 117 Å². The van der Waals surface area contributed by atoms with Crippen LogP contribution >= 0.6 is 12.2 Å². The number of likely N-dealkylation sites (N-methyl/N-ethyl adjacent to an activating group) is 1. The highest BCUT2D eigenvalue weighted by Crippen LogP contribution is 2.05. The zero-order chi connectivity index (χ0) is 14.4. The van der Waals surface area contributed by atoms with Gasteiger partial charge in [0.1, 0.15) is 0 Å². The molecule has 1 rings (SSSR count). The van der Waals surface area contributed by atoms with Gasteiger partial charge in [0.2, 0.25) is 0 Å². The lowest BCUT2D eigenvalue weighted by Crippen LogP contribution is -2.43. The largest absolute Gasteiger partial charge is 0.392 e. The number of rotatable bonds is 4. The topological polar surface area (TPSA) is 75.4 Å². The van der Waals surface area contributed by atoms with Gasteiger partial charge in [-0.15, -0.1) is 0 Å². The van der Waals surface area contributed by atoms with Crippen molar-refractivity contribution in [3.05, 3.63) is 35.4 Å². The second kappa shape index (κ2) is 6.84. The van der Waals surface area contributed by atoms with Gasteiger partial charge < -0.3 is 16.0 Å². The molecule has 0 heterocycles. The molecule has 1 aromatic carbocycles. The molecule has 0 saturated heterocycles. The van der Waals surface area contributed by atoms with E-state index >= 15 is 0 Å². The Morgan fingerprint density at radius 1 is 1.32 bits per heavy atom. The number of hydrogen-bond acceptors (Lipinski definition) is 3. The molecule has 0 bridgehead atoms. The summed E-state index contributed by atoms with van der Waals surface area (Å²) in [5, 5.41) is 2.36. The number of nitrogens with one attached hydrogen (secondary N) is 1. The second-order valence-corrected chi connectivity index (χ2v) is 4.82. The molecule has 0 unspecified atom stereocenters. The van der Waals surface area contributed by atoms with Gasteiger partial charge >= 0.3 is 11.8 Å². The number of nitrogens with zero attached hydrogens (tertiary/aromatic N) is 1. The van der Waals surface area contributed by atoms with Gasteiger partial charge in [-0.25, -0.2) is 0 Å². The first-order valence-electron chi connectivity index (χ1n) is 5.77. The maximum absolute atomic E-state index is 11.8. The fraction of sp³-hybridized carbons (Fsp3) is 0.308. The molecule has 3 N–H and O–H groups in total. The molecule has 0 saturated carbocycles. The monoisotopic (exact) mass is 279 g/mol. The fourth-order valence-electron chi connectivity index (χ4n) is 1.46. The zero-order valence-corrected chi connectivity index (χ0v) is 11.8. The van der Waals surface area contributed by atoms with Gasteiger partial charge in [0.15, 0.2) is 0 Å². The lowest BCUT2D eigenvalue weighted by atomic mass is 10.1. The Morgan fingerprint density at radius 2 is 1.89 bits per heavy atom. The normalized spacial score (nSPS) is 9.79. The quantitative estimate of drug-likeness (QED) is 0.616. The molecular weight excluding hydrogens is 262 g/mol. The van der Waals surface area contributed by atoms with Gasteiger partial charge in [0.25, 0.3) is 0 Å². The fourth-order valence-corrected chi connectivity index (χ4v) is 1.53. The Bertz CT molecular complexity index is 485. The van der Waals surface area contributed by atoms with E-state index < -0.39 is 11.8 Å². The first kappa shape index (κ1) is 15.1. The number of thiocarbonyl (C=S) groups is 1. The molecule has 102 valence electrons. The van der Waals surface area contributed by atoms with Crippen molar-refractivity contribution in [2.75, 3.05) is 13.6 Å². The highest BCUT2D eigenvalue weighted by Gasteiger charge is 2.18. The summed E-state index contributed by atoms with van der Waals surface area (Å²) in [5.74, 6) is -1.32. The van der Waals surface area contributed by atoms with E-state index in [0.717, 1.165) is 11.1 Å². The minimum atomic E-state index is -0.706. The Kier molecular flexibility index (Phi) is 5.44. The van der Waals surface area contributed by atoms with Crippen LogP contribution in [0.5, 0.6) is 0 Å². The number of carbonyl (C=O) groups excluding carboxylic acids is 2. The molecule has 0 spiro atoms. The van der Waals surface area contributed by atoms with Crippen molar-refractivity contribution in [3.63, 3.8) is 0 Å². The molecule has 1 aromatic rings. The second-order valence-electron chi connectivity index (χ2n) is 4.30. The van der Waals surface area contributed by atoms with E-state index in [1.807, 2.05) is 31.2 Å². The molecule has 0 aliphatic rings. The number of carbonyl (C=O) groups is 2. The lowest BCUT2D eigenvalue weighted by molar-refractivity contribution is -0.145. The van der Waals surface area contributed by atoms with Crippen LogP contribution in [0.3, 0.4) is 0 Å². The summed E-state index contributed by atoms with van der Waals surface area (Å²) in [6, 6.07) is 7.76. The summed E-state index contributed by atoms with van der Waals surface area (Å²) < 4.78 is 0. The average molecular weight is 279 g/mol. The highest BCUT2D eigenvalue weighted by molar-refractivity contribution is 7.80. The predicted molar refractivity (Wildman–Crippen MR) is 77.4 cm³/mol. The van der Waals surface area contributed by atoms with E-state index in [4.69, 9.17) is 5.73 Å².